The number of hydrogen-bond donors (Lipinski definition) is 2. The summed E-state index contributed by atoms with van der Waals surface area (Å²) in [6.45, 7) is 1.68. The molecule has 2 atom stereocenters. The Labute approximate surface area is 71.9 Å². The van der Waals surface area contributed by atoms with Crippen molar-refractivity contribution in [1.29, 1.82) is 0 Å². The quantitative estimate of drug-likeness (QED) is 0.653. The van der Waals surface area contributed by atoms with Crippen LogP contribution in [-0.2, 0) is 4.74 Å². The van der Waals surface area contributed by atoms with Crippen LogP contribution in [0.1, 0.15) is 19.8 Å². The van der Waals surface area contributed by atoms with Gasteiger partial charge >= 0.3 is 6.09 Å². The van der Waals surface area contributed by atoms with E-state index in [1.807, 2.05) is 0 Å². The van der Waals surface area contributed by atoms with Gasteiger partial charge in [-0.05, 0) is 25.7 Å². The SMILES string of the molecule is COC(=O)NC(C(C)O)C1CC1. The fraction of sp³-hybridized carbons (Fsp3) is 0.875. The van der Waals surface area contributed by atoms with Gasteiger partial charge in [0.2, 0.25) is 0 Å². The van der Waals surface area contributed by atoms with Gasteiger partial charge in [-0.25, -0.2) is 4.79 Å². The second-order valence-corrected chi connectivity index (χ2v) is 3.24. The van der Waals surface area contributed by atoms with Crippen molar-refractivity contribution in [3.8, 4) is 0 Å². The highest BCUT2D eigenvalue weighted by atomic mass is 16.5. The number of aliphatic hydroxyl groups is 1. The van der Waals surface area contributed by atoms with Crippen molar-refractivity contribution in [2.24, 2.45) is 5.92 Å². The Bertz CT molecular complexity index is 164. The van der Waals surface area contributed by atoms with Crippen LogP contribution in [-0.4, -0.2) is 30.5 Å². The van der Waals surface area contributed by atoms with Crippen LogP contribution >= 0.6 is 0 Å². The van der Waals surface area contributed by atoms with E-state index in [2.05, 4.69) is 10.1 Å². The smallest absolute Gasteiger partial charge is 0.407 e. The van der Waals surface area contributed by atoms with Gasteiger partial charge in [-0.2, -0.15) is 0 Å². The first-order valence-corrected chi connectivity index (χ1v) is 4.17. The molecule has 1 fully saturated rings. The minimum atomic E-state index is -0.503. The molecule has 2 N–H and O–H groups in total. The first-order valence-electron chi connectivity index (χ1n) is 4.17. The number of carbonyl (C=O) groups excluding carboxylic acids is 1. The van der Waals surface area contributed by atoms with Crippen LogP contribution in [0.4, 0.5) is 4.79 Å². The Morgan fingerprint density at radius 2 is 2.25 bits per heavy atom. The molecule has 0 aliphatic heterocycles. The van der Waals surface area contributed by atoms with E-state index >= 15 is 0 Å². The van der Waals surface area contributed by atoms with Gasteiger partial charge in [-0.3, -0.25) is 0 Å². The molecule has 4 nitrogen and oxygen atoms in total. The van der Waals surface area contributed by atoms with Crippen LogP contribution in [0, 0.1) is 5.92 Å². The lowest BCUT2D eigenvalue weighted by atomic mass is 10.1. The maximum absolute atomic E-state index is 10.8. The largest absolute Gasteiger partial charge is 0.453 e. The molecule has 2 unspecified atom stereocenters. The molecule has 4 heteroatoms. The van der Waals surface area contributed by atoms with Gasteiger partial charge in [0.25, 0.3) is 0 Å². The summed E-state index contributed by atoms with van der Waals surface area (Å²) in [6.07, 6.45) is 1.20. The summed E-state index contributed by atoms with van der Waals surface area (Å²) < 4.78 is 4.45. The van der Waals surface area contributed by atoms with Crippen molar-refractivity contribution in [1.82, 2.24) is 5.32 Å². The van der Waals surface area contributed by atoms with Gasteiger partial charge in [-0.1, -0.05) is 0 Å². The molecule has 1 aliphatic rings. The van der Waals surface area contributed by atoms with E-state index in [-0.39, 0.29) is 6.04 Å². The maximum Gasteiger partial charge on any atom is 0.407 e. The molecule has 0 spiro atoms. The Hall–Kier alpha value is -0.770. The lowest BCUT2D eigenvalue weighted by Gasteiger charge is -2.19. The van der Waals surface area contributed by atoms with Crippen molar-refractivity contribution >= 4 is 6.09 Å². The first kappa shape index (κ1) is 9.32. The summed E-state index contributed by atoms with van der Waals surface area (Å²) in [5, 5.41) is 11.9. The van der Waals surface area contributed by atoms with Crippen molar-refractivity contribution < 1.29 is 14.6 Å². The molecule has 0 radical (unpaired) electrons. The highest BCUT2D eigenvalue weighted by Gasteiger charge is 2.35. The molecule has 12 heavy (non-hydrogen) atoms. The molecule has 0 aromatic carbocycles. The average molecular weight is 173 g/mol. The highest BCUT2D eigenvalue weighted by molar-refractivity contribution is 5.67. The van der Waals surface area contributed by atoms with Crippen molar-refractivity contribution in [3.63, 3.8) is 0 Å². The summed E-state index contributed by atoms with van der Waals surface area (Å²) in [6, 6.07) is -0.141. The molecule has 1 rings (SSSR count). The zero-order valence-electron chi connectivity index (χ0n) is 7.41. The zero-order valence-corrected chi connectivity index (χ0v) is 7.41. The van der Waals surface area contributed by atoms with Crippen LogP contribution in [0.5, 0.6) is 0 Å². The second kappa shape index (κ2) is 3.76. The molecule has 0 saturated heterocycles. The molecule has 0 heterocycles. The summed E-state index contributed by atoms with van der Waals surface area (Å²) in [5.74, 6) is 0.434. The van der Waals surface area contributed by atoms with Gasteiger partial charge in [0, 0.05) is 0 Å². The minimum absolute atomic E-state index is 0.141. The fourth-order valence-electron chi connectivity index (χ4n) is 1.28. The normalized spacial score (nSPS) is 21.2. The summed E-state index contributed by atoms with van der Waals surface area (Å²) in [5.41, 5.74) is 0. The number of alkyl carbamates (subject to hydrolysis) is 1. The number of aliphatic hydroxyl groups excluding tert-OH is 1. The summed E-state index contributed by atoms with van der Waals surface area (Å²) in [4.78, 5) is 10.8. The van der Waals surface area contributed by atoms with E-state index in [9.17, 15) is 9.90 Å². The van der Waals surface area contributed by atoms with Crippen LogP contribution in [0.2, 0.25) is 0 Å². The van der Waals surface area contributed by atoms with Gasteiger partial charge in [0.1, 0.15) is 0 Å². The van der Waals surface area contributed by atoms with E-state index in [1.165, 1.54) is 7.11 Å². The highest BCUT2D eigenvalue weighted by Crippen LogP contribution is 2.33. The lowest BCUT2D eigenvalue weighted by Crippen LogP contribution is -2.43. The van der Waals surface area contributed by atoms with Crippen LogP contribution in [0.15, 0.2) is 0 Å². The predicted octanol–water partition coefficient (Wildman–Crippen LogP) is 0.502. The Morgan fingerprint density at radius 1 is 1.67 bits per heavy atom. The van der Waals surface area contributed by atoms with Gasteiger partial charge in [-0.15, -0.1) is 0 Å². The number of rotatable bonds is 3. The second-order valence-electron chi connectivity index (χ2n) is 3.24. The van der Waals surface area contributed by atoms with E-state index in [1.54, 1.807) is 6.92 Å². The van der Waals surface area contributed by atoms with E-state index in [0.29, 0.717) is 5.92 Å². The molecule has 0 aromatic rings. The topological polar surface area (TPSA) is 58.6 Å². The average Bonchev–Trinajstić information content (AvgIpc) is 2.81. The molecule has 1 saturated carbocycles. The standard InChI is InChI=1S/C8H15NO3/c1-5(10)7(6-3-4-6)9-8(11)12-2/h5-7,10H,3-4H2,1-2H3,(H,9,11). The minimum Gasteiger partial charge on any atom is -0.453 e. The fourth-order valence-corrected chi connectivity index (χ4v) is 1.28. The molecule has 0 bridgehead atoms. The molecule has 1 amide bonds. The van der Waals surface area contributed by atoms with E-state index in [4.69, 9.17) is 0 Å². The Kier molecular flexibility index (Phi) is 2.92. The van der Waals surface area contributed by atoms with Gasteiger partial charge in [0.15, 0.2) is 0 Å². The van der Waals surface area contributed by atoms with Crippen molar-refractivity contribution in [3.05, 3.63) is 0 Å². The third kappa shape index (κ3) is 2.37. The molecular formula is C8H15NO3. The number of methoxy groups -OCH3 is 1. The molecule has 70 valence electrons. The Morgan fingerprint density at radius 3 is 2.58 bits per heavy atom. The number of ether oxygens (including phenoxy) is 1. The summed E-state index contributed by atoms with van der Waals surface area (Å²) >= 11 is 0. The predicted molar refractivity (Wildman–Crippen MR) is 43.7 cm³/mol. The number of hydrogen-bond acceptors (Lipinski definition) is 3. The van der Waals surface area contributed by atoms with Gasteiger partial charge < -0.3 is 15.2 Å². The lowest BCUT2D eigenvalue weighted by molar-refractivity contribution is 0.117. The van der Waals surface area contributed by atoms with Crippen molar-refractivity contribution in [2.45, 2.75) is 31.9 Å². The van der Waals surface area contributed by atoms with Crippen molar-refractivity contribution in [2.75, 3.05) is 7.11 Å². The zero-order chi connectivity index (χ0) is 9.14. The first-order chi connectivity index (χ1) is 5.65. The number of carbonyl (C=O) groups is 1. The monoisotopic (exact) mass is 173 g/mol. The summed E-state index contributed by atoms with van der Waals surface area (Å²) in [7, 11) is 1.32. The van der Waals surface area contributed by atoms with Gasteiger partial charge in [0.05, 0.1) is 19.3 Å². The Balaban J connectivity index is 2.37. The van der Waals surface area contributed by atoms with E-state index in [0.717, 1.165) is 12.8 Å². The number of nitrogens with one attached hydrogen (secondary N) is 1. The third-order valence-corrected chi connectivity index (χ3v) is 2.12. The maximum atomic E-state index is 10.8. The van der Waals surface area contributed by atoms with Crippen LogP contribution in [0.25, 0.3) is 0 Å². The molecular weight excluding hydrogens is 158 g/mol. The third-order valence-electron chi connectivity index (χ3n) is 2.12. The van der Waals surface area contributed by atoms with Crippen LogP contribution in [0.3, 0.4) is 0 Å². The molecule has 1 aliphatic carbocycles. The van der Waals surface area contributed by atoms with Crippen LogP contribution < -0.4 is 5.32 Å². The molecule has 0 aromatic heterocycles. The number of amides is 1. The van der Waals surface area contributed by atoms with E-state index < -0.39 is 12.2 Å².